The zero-order valence-electron chi connectivity index (χ0n) is 12.2. The number of fused-ring (bicyclic) bond motifs is 1. The van der Waals surface area contributed by atoms with Gasteiger partial charge >= 0.3 is 0 Å². The predicted octanol–water partition coefficient (Wildman–Crippen LogP) is 3.45. The van der Waals surface area contributed by atoms with Crippen LogP contribution in [0.2, 0.25) is 0 Å². The molecule has 2 aromatic carbocycles. The van der Waals surface area contributed by atoms with Crippen LogP contribution in [0.5, 0.6) is 0 Å². The number of hydrogen-bond acceptors (Lipinski definition) is 3. The summed E-state index contributed by atoms with van der Waals surface area (Å²) < 4.78 is 0. The van der Waals surface area contributed by atoms with E-state index in [0.29, 0.717) is 0 Å². The Kier molecular flexibility index (Phi) is 3.84. The molecular formula is C18H19N3. The zero-order valence-corrected chi connectivity index (χ0v) is 12.2. The number of nitrogens with two attached hydrogens (primary N) is 1. The van der Waals surface area contributed by atoms with E-state index in [1.54, 1.807) is 0 Å². The second-order valence-electron chi connectivity index (χ2n) is 5.44. The van der Waals surface area contributed by atoms with Gasteiger partial charge in [0.1, 0.15) is 0 Å². The van der Waals surface area contributed by atoms with Crippen LogP contribution in [0.4, 0.5) is 5.69 Å². The molecule has 3 nitrogen and oxygen atoms in total. The van der Waals surface area contributed by atoms with Crippen molar-refractivity contribution in [3.63, 3.8) is 0 Å². The third kappa shape index (κ3) is 3.38. The molecule has 106 valence electrons. The van der Waals surface area contributed by atoms with Crippen molar-refractivity contribution in [1.82, 2.24) is 9.88 Å². The molecule has 0 radical (unpaired) electrons. The summed E-state index contributed by atoms with van der Waals surface area (Å²) in [6, 6.07) is 18.6. The van der Waals surface area contributed by atoms with Crippen LogP contribution in [0.25, 0.3) is 10.9 Å². The van der Waals surface area contributed by atoms with Crippen molar-refractivity contribution in [2.75, 3.05) is 12.8 Å². The smallest absolute Gasteiger partial charge is 0.0702 e. The molecule has 0 saturated carbocycles. The van der Waals surface area contributed by atoms with Crippen LogP contribution < -0.4 is 5.73 Å². The van der Waals surface area contributed by atoms with Crippen molar-refractivity contribution in [1.29, 1.82) is 0 Å². The fourth-order valence-corrected chi connectivity index (χ4v) is 2.53. The summed E-state index contributed by atoms with van der Waals surface area (Å²) in [6.45, 7) is 1.82. The monoisotopic (exact) mass is 277 g/mol. The van der Waals surface area contributed by atoms with E-state index in [0.717, 1.165) is 24.3 Å². The molecule has 0 aliphatic rings. The van der Waals surface area contributed by atoms with Crippen molar-refractivity contribution in [3.8, 4) is 0 Å². The van der Waals surface area contributed by atoms with E-state index in [2.05, 4.69) is 53.3 Å². The third-order valence-corrected chi connectivity index (χ3v) is 3.55. The molecule has 0 unspecified atom stereocenters. The molecule has 2 N–H and O–H groups in total. The lowest BCUT2D eigenvalue weighted by atomic mass is 10.1. The van der Waals surface area contributed by atoms with Gasteiger partial charge in [-0.25, -0.2) is 0 Å². The summed E-state index contributed by atoms with van der Waals surface area (Å²) in [6.07, 6.45) is 1.83. The largest absolute Gasteiger partial charge is 0.399 e. The topological polar surface area (TPSA) is 42.1 Å². The van der Waals surface area contributed by atoms with Crippen LogP contribution in [0, 0.1) is 0 Å². The average Bonchev–Trinajstić information content (AvgIpc) is 2.49. The summed E-state index contributed by atoms with van der Waals surface area (Å²) in [7, 11) is 2.13. The minimum atomic E-state index is 0.809. The SMILES string of the molecule is CN(Cc1ccc(N)cc1)Cc1ccc2ncccc2c1. The number of benzene rings is 2. The Hall–Kier alpha value is -2.39. The van der Waals surface area contributed by atoms with E-state index in [-0.39, 0.29) is 0 Å². The minimum Gasteiger partial charge on any atom is -0.399 e. The summed E-state index contributed by atoms with van der Waals surface area (Å²) in [5, 5.41) is 1.19. The van der Waals surface area contributed by atoms with Gasteiger partial charge in [-0.1, -0.05) is 24.3 Å². The first-order valence-electron chi connectivity index (χ1n) is 7.07. The maximum Gasteiger partial charge on any atom is 0.0702 e. The van der Waals surface area contributed by atoms with Gasteiger partial charge in [0.2, 0.25) is 0 Å². The first-order valence-corrected chi connectivity index (χ1v) is 7.07. The lowest BCUT2D eigenvalue weighted by Crippen LogP contribution is -2.17. The van der Waals surface area contributed by atoms with Gasteiger partial charge in [0.15, 0.2) is 0 Å². The molecule has 0 bridgehead atoms. The van der Waals surface area contributed by atoms with E-state index >= 15 is 0 Å². The minimum absolute atomic E-state index is 0.809. The lowest BCUT2D eigenvalue weighted by Gasteiger charge is -2.17. The van der Waals surface area contributed by atoms with Gasteiger partial charge in [-0.2, -0.15) is 0 Å². The number of aromatic nitrogens is 1. The van der Waals surface area contributed by atoms with E-state index in [9.17, 15) is 0 Å². The number of nitrogen functional groups attached to an aromatic ring is 1. The Labute approximate surface area is 125 Å². The predicted molar refractivity (Wildman–Crippen MR) is 87.8 cm³/mol. The van der Waals surface area contributed by atoms with Gasteiger partial charge < -0.3 is 5.73 Å². The molecule has 3 aromatic rings. The molecule has 1 heterocycles. The average molecular weight is 277 g/mol. The molecule has 1 aromatic heterocycles. The van der Waals surface area contributed by atoms with Gasteiger partial charge in [0, 0.05) is 30.4 Å². The van der Waals surface area contributed by atoms with Crippen molar-refractivity contribution in [3.05, 3.63) is 71.9 Å². The van der Waals surface area contributed by atoms with E-state index in [1.165, 1.54) is 16.5 Å². The highest BCUT2D eigenvalue weighted by Crippen LogP contribution is 2.15. The molecular weight excluding hydrogens is 258 g/mol. The van der Waals surface area contributed by atoms with Crippen LogP contribution in [-0.4, -0.2) is 16.9 Å². The Morgan fingerprint density at radius 3 is 2.48 bits per heavy atom. The molecule has 3 heteroatoms. The standard InChI is InChI=1S/C18H19N3/c1-21(12-14-4-7-17(19)8-5-14)13-15-6-9-18-16(11-15)3-2-10-20-18/h2-11H,12-13,19H2,1H3. The first-order chi connectivity index (χ1) is 10.2. The second kappa shape index (κ2) is 5.94. The molecule has 0 spiro atoms. The Morgan fingerprint density at radius 1 is 0.952 bits per heavy atom. The van der Waals surface area contributed by atoms with Crippen LogP contribution >= 0.6 is 0 Å². The molecule has 0 atom stereocenters. The Bertz CT molecular complexity index is 735. The summed E-state index contributed by atoms with van der Waals surface area (Å²) >= 11 is 0. The number of pyridine rings is 1. The van der Waals surface area contributed by atoms with Crippen LogP contribution in [0.15, 0.2) is 60.8 Å². The molecule has 0 amide bonds. The van der Waals surface area contributed by atoms with Gasteiger partial charge in [0.25, 0.3) is 0 Å². The Balaban J connectivity index is 1.70. The highest BCUT2D eigenvalue weighted by molar-refractivity contribution is 5.78. The molecule has 0 saturated heterocycles. The van der Waals surface area contributed by atoms with Crippen LogP contribution in [-0.2, 0) is 13.1 Å². The van der Waals surface area contributed by atoms with E-state index < -0.39 is 0 Å². The van der Waals surface area contributed by atoms with Gasteiger partial charge in [0.05, 0.1) is 5.52 Å². The first kappa shape index (κ1) is 13.6. The van der Waals surface area contributed by atoms with Crippen molar-refractivity contribution in [2.45, 2.75) is 13.1 Å². The third-order valence-electron chi connectivity index (χ3n) is 3.55. The van der Waals surface area contributed by atoms with E-state index in [4.69, 9.17) is 5.73 Å². The lowest BCUT2D eigenvalue weighted by molar-refractivity contribution is 0.319. The fourth-order valence-electron chi connectivity index (χ4n) is 2.53. The molecule has 21 heavy (non-hydrogen) atoms. The summed E-state index contributed by atoms with van der Waals surface area (Å²) in [5.74, 6) is 0. The second-order valence-corrected chi connectivity index (χ2v) is 5.44. The summed E-state index contributed by atoms with van der Waals surface area (Å²) in [5.41, 5.74) is 10.1. The van der Waals surface area contributed by atoms with Gasteiger partial charge in [-0.3, -0.25) is 9.88 Å². The van der Waals surface area contributed by atoms with E-state index in [1.807, 2.05) is 24.4 Å². The fraction of sp³-hybridized carbons (Fsp3) is 0.167. The van der Waals surface area contributed by atoms with Crippen LogP contribution in [0.1, 0.15) is 11.1 Å². The zero-order chi connectivity index (χ0) is 14.7. The van der Waals surface area contributed by atoms with Crippen molar-refractivity contribution >= 4 is 16.6 Å². The van der Waals surface area contributed by atoms with Crippen molar-refractivity contribution < 1.29 is 0 Å². The summed E-state index contributed by atoms with van der Waals surface area (Å²) in [4.78, 5) is 6.65. The highest BCUT2D eigenvalue weighted by atomic mass is 15.1. The van der Waals surface area contributed by atoms with Crippen LogP contribution in [0.3, 0.4) is 0 Å². The number of hydrogen-bond donors (Lipinski definition) is 1. The quantitative estimate of drug-likeness (QED) is 0.743. The number of anilines is 1. The number of rotatable bonds is 4. The molecule has 0 aliphatic carbocycles. The molecule has 0 aliphatic heterocycles. The molecule has 3 rings (SSSR count). The maximum absolute atomic E-state index is 5.71. The number of nitrogens with zero attached hydrogens (tertiary/aromatic N) is 2. The van der Waals surface area contributed by atoms with Gasteiger partial charge in [-0.05, 0) is 48.5 Å². The normalized spacial score (nSPS) is 11.1. The molecule has 0 fully saturated rings. The maximum atomic E-state index is 5.71. The van der Waals surface area contributed by atoms with Gasteiger partial charge in [-0.15, -0.1) is 0 Å². The van der Waals surface area contributed by atoms with Crippen molar-refractivity contribution in [2.24, 2.45) is 0 Å². The highest BCUT2D eigenvalue weighted by Gasteiger charge is 2.03. The Morgan fingerprint density at radius 2 is 1.67 bits per heavy atom.